The monoisotopic (exact) mass is 180 g/mol. The van der Waals surface area contributed by atoms with E-state index in [-0.39, 0.29) is 6.61 Å². The minimum atomic E-state index is -2.77. The van der Waals surface area contributed by atoms with Crippen LogP contribution in [-0.4, -0.2) is 27.7 Å². The molecule has 4 nitrogen and oxygen atoms in total. The van der Waals surface area contributed by atoms with Crippen LogP contribution in [0.25, 0.3) is 0 Å². The SMILES string of the molecule is C=CCOCC(C)O[SH](=O)=O. The van der Waals surface area contributed by atoms with Gasteiger partial charge in [-0.25, -0.2) is 8.42 Å². The Morgan fingerprint density at radius 3 is 2.73 bits per heavy atom. The van der Waals surface area contributed by atoms with Gasteiger partial charge in [0.2, 0.25) is 0 Å². The van der Waals surface area contributed by atoms with Crippen LogP contribution in [0.5, 0.6) is 0 Å². The molecule has 0 bridgehead atoms. The summed E-state index contributed by atoms with van der Waals surface area (Å²) in [6.45, 7) is 5.72. The molecule has 0 N–H and O–H groups in total. The summed E-state index contributed by atoms with van der Waals surface area (Å²) in [5, 5.41) is 0. The van der Waals surface area contributed by atoms with Gasteiger partial charge < -0.3 is 4.74 Å². The second kappa shape index (κ2) is 6.33. The molecule has 0 aromatic rings. The van der Waals surface area contributed by atoms with Gasteiger partial charge in [0.25, 0.3) is 11.0 Å². The maximum Gasteiger partial charge on any atom is 0.257 e. The fourth-order valence-electron chi connectivity index (χ4n) is 0.495. The smallest absolute Gasteiger partial charge is 0.257 e. The Kier molecular flexibility index (Phi) is 6.10. The molecule has 0 aliphatic rings. The summed E-state index contributed by atoms with van der Waals surface area (Å²) in [7, 11) is -2.77. The van der Waals surface area contributed by atoms with Gasteiger partial charge in [0.15, 0.2) is 0 Å². The van der Waals surface area contributed by atoms with Crippen molar-refractivity contribution >= 4 is 11.0 Å². The first kappa shape index (κ1) is 10.6. The fourth-order valence-corrected chi connectivity index (χ4v) is 0.849. The van der Waals surface area contributed by atoms with Crippen molar-refractivity contribution in [3.05, 3.63) is 12.7 Å². The molecule has 0 radical (unpaired) electrons. The van der Waals surface area contributed by atoms with E-state index in [0.717, 1.165) is 0 Å². The lowest BCUT2D eigenvalue weighted by Crippen LogP contribution is -2.15. The fraction of sp³-hybridized carbons (Fsp3) is 0.667. The first-order valence-corrected chi connectivity index (χ1v) is 4.26. The van der Waals surface area contributed by atoms with Crippen LogP contribution in [0.4, 0.5) is 0 Å². The molecule has 66 valence electrons. The van der Waals surface area contributed by atoms with Gasteiger partial charge in [0, 0.05) is 0 Å². The maximum atomic E-state index is 9.98. The van der Waals surface area contributed by atoms with E-state index in [1.807, 2.05) is 0 Å². The van der Waals surface area contributed by atoms with E-state index in [4.69, 9.17) is 4.74 Å². The van der Waals surface area contributed by atoms with Crippen LogP contribution in [-0.2, 0) is 19.9 Å². The van der Waals surface area contributed by atoms with Gasteiger partial charge in [0.05, 0.1) is 19.3 Å². The summed E-state index contributed by atoms with van der Waals surface area (Å²) in [6.07, 6.45) is 1.17. The maximum absolute atomic E-state index is 9.98. The summed E-state index contributed by atoms with van der Waals surface area (Å²) in [5.74, 6) is 0. The molecular formula is C6H12O4S. The highest BCUT2D eigenvalue weighted by molar-refractivity contribution is 7.67. The van der Waals surface area contributed by atoms with Gasteiger partial charge in [0.1, 0.15) is 0 Å². The molecule has 0 amide bonds. The zero-order valence-electron chi connectivity index (χ0n) is 6.36. The zero-order valence-corrected chi connectivity index (χ0v) is 7.25. The first-order valence-electron chi connectivity index (χ1n) is 3.16. The highest BCUT2D eigenvalue weighted by atomic mass is 32.2. The Labute approximate surface area is 68.0 Å². The van der Waals surface area contributed by atoms with Crippen molar-refractivity contribution in [2.75, 3.05) is 13.2 Å². The lowest BCUT2D eigenvalue weighted by Gasteiger charge is -2.06. The lowest BCUT2D eigenvalue weighted by atomic mass is 10.4. The van der Waals surface area contributed by atoms with Crippen molar-refractivity contribution in [1.82, 2.24) is 0 Å². The predicted molar refractivity (Wildman–Crippen MR) is 41.9 cm³/mol. The van der Waals surface area contributed by atoms with E-state index >= 15 is 0 Å². The summed E-state index contributed by atoms with van der Waals surface area (Å²) in [6, 6.07) is 0. The molecule has 5 heteroatoms. The Hall–Kier alpha value is -0.390. The minimum Gasteiger partial charge on any atom is -0.375 e. The zero-order chi connectivity index (χ0) is 8.69. The molecule has 0 saturated heterocycles. The van der Waals surface area contributed by atoms with Crippen LogP contribution in [0.2, 0.25) is 0 Å². The van der Waals surface area contributed by atoms with Crippen molar-refractivity contribution in [2.45, 2.75) is 13.0 Å². The number of hydrogen-bond donors (Lipinski definition) is 1. The normalized spacial score (nSPS) is 13.3. The van der Waals surface area contributed by atoms with Crippen molar-refractivity contribution in [1.29, 1.82) is 0 Å². The van der Waals surface area contributed by atoms with Crippen LogP contribution in [0.15, 0.2) is 12.7 Å². The largest absolute Gasteiger partial charge is 0.375 e. The predicted octanol–water partition coefficient (Wildman–Crippen LogP) is 0.120. The second-order valence-corrected chi connectivity index (χ2v) is 2.62. The number of ether oxygens (including phenoxy) is 1. The summed E-state index contributed by atoms with van der Waals surface area (Å²) in [4.78, 5) is 0. The first-order chi connectivity index (χ1) is 5.16. The van der Waals surface area contributed by atoms with Gasteiger partial charge in [-0.2, -0.15) is 0 Å². The average Bonchev–Trinajstić information content (AvgIpc) is 1.86. The van der Waals surface area contributed by atoms with Gasteiger partial charge >= 0.3 is 0 Å². The third-order valence-electron chi connectivity index (χ3n) is 0.854. The van der Waals surface area contributed by atoms with E-state index in [1.165, 1.54) is 0 Å². The summed E-state index contributed by atoms with van der Waals surface area (Å²) >= 11 is 0. The van der Waals surface area contributed by atoms with Crippen molar-refractivity contribution in [3.63, 3.8) is 0 Å². The molecule has 0 aliphatic heterocycles. The molecular weight excluding hydrogens is 168 g/mol. The van der Waals surface area contributed by atoms with Crippen molar-refractivity contribution < 1.29 is 17.3 Å². The molecule has 1 atom stereocenters. The molecule has 0 rings (SSSR count). The van der Waals surface area contributed by atoms with Crippen LogP contribution < -0.4 is 0 Å². The third-order valence-corrected chi connectivity index (χ3v) is 1.39. The van der Waals surface area contributed by atoms with Gasteiger partial charge in [-0.3, -0.25) is 4.18 Å². The number of thiol groups is 1. The van der Waals surface area contributed by atoms with E-state index in [1.54, 1.807) is 13.0 Å². The lowest BCUT2D eigenvalue weighted by molar-refractivity contribution is 0.0800. The Balaban J connectivity index is 3.36. The van der Waals surface area contributed by atoms with Crippen LogP contribution in [0.3, 0.4) is 0 Å². The Morgan fingerprint density at radius 1 is 1.64 bits per heavy atom. The summed E-state index contributed by atoms with van der Waals surface area (Å²) in [5.41, 5.74) is 0. The van der Waals surface area contributed by atoms with Crippen LogP contribution in [0.1, 0.15) is 6.92 Å². The van der Waals surface area contributed by atoms with E-state index in [2.05, 4.69) is 10.8 Å². The standard InChI is InChI=1S/C6H12O4S/c1-3-4-9-5-6(2)10-11(7)8/h3,6,11H,1,4-5H2,2H3. The third kappa shape index (κ3) is 7.51. The van der Waals surface area contributed by atoms with Gasteiger partial charge in [-0.1, -0.05) is 6.08 Å². The van der Waals surface area contributed by atoms with Gasteiger partial charge in [-0.05, 0) is 6.92 Å². The summed E-state index contributed by atoms with van der Waals surface area (Å²) < 4.78 is 29.3. The minimum absolute atomic E-state index is 0.259. The molecule has 0 fully saturated rings. The van der Waals surface area contributed by atoms with Crippen molar-refractivity contribution in [3.8, 4) is 0 Å². The van der Waals surface area contributed by atoms with E-state index in [0.29, 0.717) is 6.61 Å². The molecule has 0 spiro atoms. The quantitative estimate of drug-likeness (QED) is 0.358. The van der Waals surface area contributed by atoms with E-state index < -0.39 is 17.1 Å². The molecule has 0 aliphatic carbocycles. The Bertz CT molecular complexity index is 167. The molecule has 11 heavy (non-hydrogen) atoms. The molecule has 0 saturated carbocycles. The molecule has 1 unspecified atom stereocenters. The van der Waals surface area contributed by atoms with Crippen LogP contribution >= 0.6 is 0 Å². The highest BCUT2D eigenvalue weighted by Crippen LogP contribution is 1.91. The molecule has 0 aromatic carbocycles. The average molecular weight is 180 g/mol. The highest BCUT2D eigenvalue weighted by Gasteiger charge is 2.01. The van der Waals surface area contributed by atoms with E-state index in [9.17, 15) is 8.42 Å². The number of rotatable bonds is 6. The number of hydrogen-bond acceptors (Lipinski definition) is 4. The molecule has 0 aromatic heterocycles. The Morgan fingerprint density at radius 2 is 2.27 bits per heavy atom. The van der Waals surface area contributed by atoms with Crippen molar-refractivity contribution in [2.24, 2.45) is 0 Å². The molecule has 0 heterocycles. The topological polar surface area (TPSA) is 52.6 Å². The van der Waals surface area contributed by atoms with Gasteiger partial charge in [-0.15, -0.1) is 6.58 Å². The second-order valence-electron chi connectivity index (χ2n) is 1.97. The van der Waals surface area contributed by atoms with Crippen LogP contribution in [0, 0.1) is 0 Å².